The Labute approximate surface area is 121 Å². The van der Waals surface area contributed by atoms with Crippen LogP contribution in [0.1, 0.15) is 38.3 Å². The molecule has 2 rings (SSSR count). The smallest absolute Gasteiger partial charge is 0.263 e. The molecule has 110 valence electrons. The first-order valence-corrected chi connectivity index (χ1v) is 7.36. The van der Waals surface area contributed by atoms with E-state index in [0.717, 1.165) is 31.7 Å². The van der Waals surface area contributed by atoms with Crippen LogP contribution in [0.2, 0.25) is 0 Å². The number of carbonyl (C=O) groups is 1. The monoisotopic (exact) mass is 276 g/mol. The minimum atomic E-state index is -0.325. The Morgan fingerprint density at radius 2 is 2.30 bits per heavy atom. The first kappa shape index (κ1) is 14.9. The molecule has 1 fully saturated rings. The molecule has 2 atom stereocenters. The molecule has 0 saturated carbocycles. The minimum absolute atomic E-state index is 0.0764. The Kier molecular flexibility index (Phi) is 5.01. The maximum atomic E-state index is 11.9. The molecule has 0 spiro atoms. The molecule has 1 amide bonds. The number of carbonyl (C=O) groups excluding carboxylic acids is 1. The molecule has 4 nitrogen and oxygen atoms in total. The summed E-state index contributed by atoms with van der Waals surface area (Å²) in [6.45, 7) is 6.07. The number of nitrogens with zero attached hydrogens (tertiary/aromatic N) is 1. The van der Waals surface area contributed by atoms with Gasteiger partial charge in [-0.3, -0.25) is 4.79 Å². The van der Waals surface area contributed by atoms with Crippen molar-refractivity contribution in [2.45, 2.75) is 38.8 Å². The van der Waals surface area contributed by atoms with Crippen molar-refractivity contribution >= 4 is 5.91 Å². The third-order valence-electron chi connectivity index (χ3n) is 3.72. The number of hydrogen-bond acceptors (Lipinski definition) is 3. The highest BCUT2D eigenvalue weighted by molar-refractivity contribution is 5.83. The lowest BCUT2D eigenvalue weighted by Crippen LogP contribution is -2.29. The molecule has 0 bridgehead atoms. The number of nitrogens with one attached hydrogen (secondary N) is 1. The second-order valence-electron chi connectivity index (χ2n) is 5.40. The van der Waals surface area contributed by atoms with Gasteiger partial charge in [0.15, 0.2) is 6.10 Å². The number of hydrogen-bond donors (Lipinski definition) is 1. The highest BCUT2D eigenvalue weighted by Crippen LogP contribution is 2.22. The number of rotatable bonds is 6. The lowest BCUT2D eigenvalue weighted by molar-refractivity contribution is -0.132. The number of likely N-dealkylation sites (tertiary alicyclic amines) is 1. The van der Waals surface area contributed by atoms with Gasteiger partial charge < -0.3 is 15.0 Å². The van der Waals surface area contributed by atoms with Crippen molar-refractivity contribution in [2.75, 3.05) is 20.1 Å². The van der Waals surface area contributed by atoms with E-state index >= 15 is 0 Å². The van der Waals surface area contributed by atoms with E-state index in [9.17, 15) is 4.79 Å². The fraction of sp³-hybridized carbons (Fsp3) is 0.562. The average Bonchev–Trinajstić information content (AvgIpc) is 2.77. The standard InChI is InChI=1S/C16H24N2O2/c1-4-9-17-12(2)13-6-5-7-14(11-13)20-15-8-10-18(3)16(15)19/h5-7,11-12,15,17H,4,8-10H2,1-3H3. The topological polar surface area (TPSA) is 41.6 Å². The average molecular weight is 276 g/mol. The zero-order valence-corrected chi connectivity index (χ0v) is 12.6. The Hall–Kier alpha value is -1.55. The van der Waals surface area contributed by atoms with Gasteiger partial charge in [-0.25, -0.2) is 0 Å². The Morgan fingerprint density at radius 1 is 1.50 bits per heavy atom. The SMILES string of the molecule is CCCNC(C)c1cccc(OC2CCN(C)C2=O)c1. The maximum absolute atomic E-state index is 11.9. The van der Waals surface area contributed by atoms with Crippen LogP contribution in [0.3, 0.4) is 0 Å². The van der Waals surface area contributed by atoms with Crippen LogP contribution in [0.25, 0.3) is 0 Å². The summed E-state index contributed by atoms with van der Waals surface area (Å²) in [5.74, 6) is 0.855. The van der Waals surface area contributed by atoms with Crippen LogP contribution in [0.5, 0.6) is 5.75 Å². The predicted octanol–water partition coefficient (Wildman–Crippen LogP) is 2.36. The van der Waals surface area contributed by atoms with Gasteiger partial charge in [-0.1, -0.05) is 19.1 Å². The summed E-state index contributed by atoms with van der Waals surface area (Å²) in [4.78, 5) is 13.6. The van der Waals surface area contributed by atoms with E-state index in [1.54, 1.807) is 4.90 Å². The largest absolute Gasteiger partial charge is 0.481 e. The zero-order valence-electron chi connectivity index (χ0n) is 12.6. The quantitative estimate of drug-likeness (QED) is 0.867. The molecule has 0 aromatic heterocycles. The number of amides is 1. The molecule has 20 heavy (non-hydrogen) atoms. The Morgan fingerprint density at radius 3 is 2.95 bits per heavy atom. The zero-order chi connectivity index (χ0) is 14.5. The van der Waals surface area contributed by atoms with Crippen molar-refractivity contribution < 1.29 is 9.53 Å². The second-order valence-corrected chi connectivity index (χ2v) is 5.40. The van der Waals surface area contributed by atoms with Gasteiger partial charge in [0.05, 0.1) is 0 Å². The van der Waals surface area contributed by atoms with E-state index in [2.05, 4.69) is 25.2 Å². The summed E-state index contributed by atoms with van der Waals surface area (Å²) in [7, 11) is 1.82. The van der Waals surface area contributed by atoms with Crippen molar-refractivity contribution in [3.8, 4) is 5.75 Å². The number of benzene rings is 1. The highest BCUT2D eigenvalue weighted by atomic mass is 16.5. The maximum Gasteiger partial charge on any atom is 0.263 e. The summed E-state index contributed by atoms with van der Waals surface area (Å²) < 4.78 is 5.83. The normalized spacial score (nSPS) is 20.2. The molecule has 1 aromatic carbocycles. The van der Waals surface area contributed by atoms with Gasteiger partial charge in [0.25, 0.3) is 5.91 Å². The first-order valence-electron chi connectivity index (χ1n) is 7.36. The van der Waals surface area contributed by atoms with E-state index in [4.69, 9.17) is 4.74 Å². The molecule has 1 saturated heterocycles. The van der Waals surface area contributed by atoms with Crippen molar-refractivity contribution in [3.63, 3.8) is 0 Å². The molecule has 1 aliphatic rings. The summed E-state index contributed by atoms with van der Waals surface area (Å²) in [5.41, 5.74) is 1.19. The molecule has 2 unspecified atom stereocenters. The molecule has 0 radical (unpaired) electrons. The molecule has 1 aromatic rings. The van der Waals surface area contributed by atoms with Gasteiger partial charge in [-0.2, -0.15) is 0 Å². The molecule has 4 heteroatoms. The van der Waals surface area contributed by atoms with Crippen LogP contribution in [0.15, 0.2) is 24.3 Å². The van der Waals surface area contributed by atoms with Crippen LogP contribution in [0.4, 0.5) is 0 Å². The van der Waals surface area contributed by atoms with Gasteiger partial charge in [-0.15, -0.1) is 0 Å². The summed E-state index contributed by atoms with van der Waals surface area (Å²) in [6, 6.07) is 8.31. The van der Waals surface area contributed by atoms with Gasteiger partial charge >= 0.3 is 0 Å². The second kappa shape index (κ2) is 6.75. The van der Waals surface area contributed by atoms with Crippen molar-refractivity contribution in [1.29, 1.82) is 0 Å². The van der Waals surface area contributed by atoms with Crippen LogP contribution in [-0.4, -0.2) is 37.0 Å². The van der Waals surface area contributed by atoms with Crippen LogP contribution in [0, 0.1) is 0 Å². The molecule has 0 aliphatic carbocycles. The molecule has 1 heterocycles. The predicted molar refractivity (Wildman–Crippen MR) is 79.8 cm³/mol. The van der Waals surface area contributed by atoms with E-state index in [1.807, 2.05) is 25.2 Å². The first-order chi connectivity index (χ1) is 9.61. The lowest BCUT2D eigenvalue weighted by Gasteiger charge is -2.17. The Bertz CT molecular complexity index is 462. The van der Waals surface area contributed by atoms with E-state index < -0.39 is 0 Å². The molecule has 1 aliphatic heterocycles. The minimum Gasteiger partial charge on any atom is -0.481 e. The Balaban J connectivity index is 2.01. The third kappa shape index (κ3) is 3.51. The lowest BCUT2D eigenvalue weighted by atomic mass is 10.1. The van der Waals surface area contributed by atoms with Crippen molar-refractivity contribution in [1.82, 2.24) is 10.2 Å². The number of likely N-dealkylation sites (N-methyl/N-ethyl adjacent to an activating group) is 1. The molecular formula is C16H24N2O2. The van der Waals surface area contributed by atoms with Gasteiger partial charge in [0.1, 0.15) is 5.75 Å². The fourth-order valence-corrected chi connectivity index (χ4v) is 2.40. The van der Waals surface area contributed by atoms with Crippen molar-refractivity contribution in [3.05, 3.63) is 29.8 Å². The van der Waals surface area contributed by atoms with Crippen molar-refractivity contribution in [2.24, 2.45) is 0 Å². The summed E-state index contributed by atoms with van der Waals surface area (Å²) in [6.07, 6.45) is 1.56. The highest BCUT2D eigenvalue weighted by Gasteiger charge is 2.30. The van der Waals surface area contributed by atoms with Crippen LogP contribution >= 0.6 is 0 Å². The molecule has 1 N–H and O–H groups in total. The fourth-order valence-electron chi connectivity index (χ4n) is 2.40. The van der Waals surface area contributed by atoms with Crippen LogP contribution < -0.4 is 10.1 Å². The number of ether oxygens (including phenoxy) is 1. The van der Waals surface area contributed by atoms with Crippen LogP contribution in [-0.2, 0) is 4.79 Å². The summed E-state index contributed by atoms with van der Waals surface area (Å²) in [5, 5.41) is 3.45. The summed E-state index contributed by atoms with van der Waals surface area (Å²) >= 11 is 0. The third-order valence-corrected chi connectivity index (χ3v) is 3.72. The van der Waals surface area contributed by atoms with E-state index in [1.165, 1.54) is 5.56 Å². The van der Waals surface area contributed by atoms with Gasteiger partial charge in [0.2, 0.25) is 0 Å². The van der Waals surface area contributed by atoms with E-state index in [-0.39, 0.29) is 12.0 Å². The molecular weight excluding hydrogens is 252 g/mol. The van der Waals surface area contributed by atoms with E-state index in [0.29, 0.717) is 6.04 Å². The van der Waals surface area contributed by atoms with Gasteiger partial charge in [-0.05, 0) is 37.6 Å². The van der Waals surface area contributed by atoms with Gasteiger partial charge in [0, 0.05) is 26.1 Å².